The van der Waals surface area contributed by atoms with E-state index in [1.165, 1.54) is 0 Å². The Hall–Kier alpha value is -1.17. The summed E-state index contributed by atoms with van der Waals surface area (Å²) in [7, 11) is 0. The first-order valence-electron chi connectivity index (χ1n) is 2.85. The van der Waals surface area contributed by atoms with Crippen molar-refractivity contribution in [2.24, 2.45) is 0 Å². The number of nitro benzene ring substituents is 1. The van der Waals surface area contributed by atoms with E-state index < -0.39 is 27.1 Å². The van der Waals surface area contributed by atoms with Crippen LogP contribution in [0.3, 0.4) is 0 Å². The summed E-state index contributed by atoms with van der Waals surface area (Å²) >= 11 is 3.46. The fourth-order valence-electron chi connectivity index (χ4n) is 0.704. The van der Waals surface area contributed by atoms with Crippen molar-refractivity contribution in [1.82, 2.24) is 0 Å². The van der Waals surface area contributed by atoms with Gasteiger partial charge in [-0.3, -0.25) is 10.1 Å². The maximum absolute atomic E-state index is 12.6. The Bertz CT molecular complexity index is 343. The molecule has 1 aromatic rings. The fraction of sp³-hybridized carbons (Fsp3) is 0. The van der Waals surface area contributed by atoms with Crippen LogP contribution in [0.1, 0.15) is 0 Å². The number of nitro groups is 1. The van der Waals surface area contributed by atoms with Gasteiger partial charge >= 0.3 is 5.69 Å². The molecule has 0 aliphatic rings. The molecule has 1 aromatic carbocycles. The molecule has 0 aliphatic heterocycles. The molecular weight excluding hydrogens is 188 g/mol. The van der Waals surface area contributed by atoms with E-state index in [-0.39, 0.29) is 0 Å². The summed E-state index contributed by atoms with van der Waals surface area (Å²) in [5.41, 5.74) is -0.932. The van der Waals surface area contributed by atoms with E-state index in [2.05, 4.69) is 12.6 Å². The third-order valence-electron chi connectivity index (χ3n) is 1.24. The lowest BCUT2D eigenvalue weighted by molar-refractivity contribution is -0.390. The second-order valence-corrected chi connectivity index (χ2v) is 2.43. The molecule has 0 aromatic heterocycles. The summed E-state index contributed by atoms with van der Waals surface area (Å²) in [6.45, 7) is 0. The van der Waals surface area contributed by atoms with Gasteiger partial charge in [0, 0.05) is 0 Å². The topological polar surface area (TPSA) is 43.1 Å². The van der Waals surface area contributed by atoms with Gasteiger partial charge in [-0.15, -0.1) is 12.6 Å². The van der Waals surface area contributed by atoms with Crippen molar-refractivity contribution in [1.29, 1.82) is 0 Å². The zero-order valence-electron chi connectivity index (χ0n) is 5.62. The number of thiol groups is 1. The van der Waals surface area contributed by atoms with E-state index in [0.717, 1.165) is 6.07 Å². The standard InChI is InChI=1S/C6H3F2NO2S/c7-3-1-2-4(8)6(12)5(3)9(10)11/h1-2,12H. The number of hydrogen-bond donors (Lipinski definition) is 1. The SMILES string of the molecule is O=[N+]([O-])c1c(F)ccc(F)c1S. The first kappa shape index (κ1) is 8.92. The Labute approximate surface area is 71.6 Å². The van der Waals surface area contributed by atoms with Crippen LogP contribution < -0.4 is 0 Å². The van der Waals surface area contributed by atoms with Crippen LogP contribution in [-0.2, 0) is 0 Å². The third kappa shape index (κ3) is 1.38. The number of rotatable bonds is 1. The molecule has 0 fully saturated rings. The molecule has 6 heteroatoms. The number of hydrogen-bond acceptors (Lipinski definition) is 3. The Morgan fingerprint density at radius 3 is 2.25 bits per heavy atom. The summed E-state index contributed by atoms with van der Waals surface area (Å²) in [6.07, 6.45) is 0. The lowest BCUT2D eigenvalue weighted by atomic mass is 10.3. The van der Waals surface area contributed by atoms with Crippen molar-refractivity contribution in [3.05, 3.63) is 33.9 Å². The van der Waals surface area contributed by atoms with Gasteiger partial charge < -0.3 is 0 Å². The summed E-state index contributed by atoms with van der Waals surface area (Å²) in [6, 6.07) is 1.47. The van der Waals surface area contributed by atoms with Crippen LogP contribution in [0, 0.1) is 21.7 Å². The number of benzene rings is 1. The summed E-state index contributed by atoms with van der Waals surface area (Å²) < 4.78 is 25.2. The maximum atomic E-state index is 12.6. The first-order chi connectivity index (χ1) is 5.54. The largest absolute Gasteiger partial charge is 0.320 e. The molecule has 3 nitrogen and oxygen atoms in total. The van der Waals surface area contributed by atoms with Crippen LogP contribution in [-0.4, -0.2) is 4.92 Å². The second-order valence-electron chi connectivity index (χ2n) is 1.98. The molecule has 0 atom stereocenters. The first-order valence-corrected chi connectivity index (χ1v) is 3.30. The van der Waals surface area contributed by atoms with E-state index in [1.807, 2.05) is 0 Å². The Kier molecular flexibility index (Phi) is 2.27. The van der Waals surface area contributed by atoms with Crippen LogP contribution in [0.15, 0.2) is 17.0 Å². The predicted molar refractivity (Wildman–Crippen MR) is 40.3 cm³/mol. The van der Waals surface area contributed by atoms with E-state index in [0.29, 0.717) is 6.07 Å². The van der Waals surface area contributed by atoms with E-state index in [9.17, 15) is 18.9 Å². The lowest BCUT2D eigenvalue weighted by Crippen LogP contribution is -1.95. The van der Waals surface area contributed by atoms with Crippen molar-refractivity contribution in [3.63, 3.8) is 0 Å². The number of halogens is 2. The average molecular weight is 191 g/mol. The molecule has 0 saturated carbocycles. The van der Waals surface area contributed by atoms with Crippen LogP contribution in [0.4, 0.5) is 14.5 Å². The number of nitrogens with zero attached hydrogens (tertiary/aromatic N) is 1. The zero-order valence-corrected chi connectivity index (χ0v) is 6.52. The second kappa shape index (κ2) is 3.06. The molecule has 0 aliphatic carbocycles. The highest BCUT2D eigenvalue weighted by atomic mass is 32.1. The van der Waals surface area contributed by atoms with E-state index in [1.54, 1.807) is 0 Å². The van der Waals surface area contributed by atoms with Gasteiger partial charge in [0.1, 0.15) is 10.7 Å². The molecule has 64 valence electrons. The van der Waals surface area contributed by atoms with Crippen LogP contribution in [0.5, 0.6) is 0 Å². The van der Waals surface area contributed by atoms with Gasteiger partial charge in [-0.25, -0.2) is 4.39 Å². The maximum Gasteiger partial charge on any atom is 0.320 e. The normalized spacial score (nSPS) is 9.92. The summed E-state index contributed by atoms with van der Waals surface area (Å²) in [5.74, 6) is -2.00. The minimum atomic E-state index is -1.09. The molecule has 1 rings (SSSR count). The quantitative estimate of drug-likeness (QED) is 0.420. The molecule has 0 radical (unpaired) electrons. The average Bonchev–Trinajstić information content (AvgIpc) is 1.97. The zero-order chi connectivity index (χ0) is 9.30. The summed E-state index contributed by atoms with van der Waals surface area (Å²) in [5, 5.41) is 10.1. The van der Waals surface area contributed by atoms with Gasteiger partial charge in [0.25, 0.3) is 0 Å². The Morgan fingerprint density at radius 2 is 1.83 bits per heavy atom. The van der Waals surface area contributed by atoms with E-state index in [4.69, 9.17) is 0 Å². The van der Waals surface area contributed by atoms with Crippen LogP contribution >= 0.6 is 12.6 Å². The third-order valence-corrected chi connectivity index (χ3v) is 1.66. The Balaban J connectivity index is 3.43. The van der Waals surface area contributed by atoms with Gasteiger partial charge in [-0.2, -0.15) is 4.39 Å². The predicted octanol–water partition coefficient (Wildman–Crippen LogP) is 2.16. The van der Waals surface area contributed by atoms with Crippen molar-refractivity contribution < 1.29 is 13.7 Å². The highest BCUT2D eigenvalue weighted by Gasteiger charge is 2.20. The molecule has 12 heavy (non-hydrogen) atoms. The molecule has 0 N–H and O–H groups in total. The monoisotopic (exact) mass is 191 g/mol. The molecule has 0 unspecified atom stereocenters. The minimum Gasteiger partial charge on any atom is -0.258 e. The van der Waals surface area contributed by atoms with E-state index >= 15 is 0 Å². The minimum absolute atomic E-state index is 0.583. The van der Waals surface area contributed by atoms with Crippen LogP contribution in [0.2, 0.25) is 0 Å². The lowest BCUT2D eigenvalue weighted by Gasteiger charge is -1.97. The molecule has 0 amide bonds. The fourth-order valence-corrected chi connectivity index (χ4v) is 0.967. The molecule has 0 spiro atoms. The summed E-state index contributed by atoms with van der Waals surface area (Å²) in [4.78, 5) is 8.55. The van der Waals surface area contributed by atoms with Crippen LogP contribution in [0.25, 0.3) is 0 Å². The Morgan fingerprint density at radius 1 is 1.33 bits per heavy atom. The van der Waals surface area contributed by atoms with Gasteiger partial charge in [0.15, 0.2) is 0 Å². The van der Waals surface area contributed by atoms with Gasteiger partial charge in [-0.1, -0.05) is 0 Å². The van der Waals surface area contributed by atoms with Crippen molar-refractivity contribution in [2.45, 2.75) is 4.90 Å². The highest BCUT2D eigenvalue weighted by molar-refractivity contribution is 7.80. The van der Waals surface area contributed by atoms with Gasteiger partial charge in [0.2, 0.25) is 5.82 Å². The van der Waals surface area contributed by atoms with Gasteiger partial charge in [0.05, 0.1) is 4.92 Å². The molecule has 0 bridgehead atoms. The molecule has 0 saturated heterocycles. The van der Waals surface area contributed by atoms with Crippen molar-refractivity contribution >= 4 is 18.3 Å². The van der Waals surface area contributed by atoms with Gasteiger partial charge in [-0.05, 0) is 12.1 Å². The smallest absolute Gasteiger partial charge is 0.258 e. The molecule has 0 heterocycles. The van der Waals surface area contributed by atoms with Crippen molar-refractivity contribution in [2.75, 3.05) is 0 Å². The van der Waals surface area contributed by atoms with Crippen molar-refractivity contribution in [3.8, 4) is 0 Å². The highest BCUT2D eigenvalue weighted by Crippen LogP contribution is 2.27. The molecular formula is C6H3F2NO2S.